The third kappa shape index (κ3) is 6.99. The molecule has 0 atom stereocenters. The lowest BCUT2D eigenvalue weighted by molar-refractivity contribution is 0.145. The van der Waals surface area contributed by atoms with E-state index < -0.39 is 7.82 Å². The van der Waals surface area contributed by atoms with E-state index in [1.165, 1.54) is 6.07 Å². The van der Waals surface area contributed by atoms with Crippen LogP contribution >= 0.6 is 20.0 Å². The molecule has 0 bridgehead atoms. The van der Waals surface area contributed by atoms with Gasteiger partial charge >= 0.3 is 7.82 Å². The van der Waals surface area contributed by atoms with E-state index in [4.69, 9.17) is 20.0 Å². The number of aromatic nitrogens is 3. The molecule has 0 spiro atoms. The summed E-state index contributed by atoms with van der Waals surface area (Å²) in [6.45, 7) is 3.63. The van der Waals surface area contributed by atoms with E-state index in [1.54, 1.807) is 12.1 Å². The smallest absolute Gasteiger partial charge is 0.504 e. The first-order valence-electron chi connectivity index (χ1n) is 12.5. The molecule has 0 aliphatic carbocycles. The Kier molecular flexibility index (Phi) is 9.29. The molecule has 0 unspecified atom stereocenters. The van der Waals surface area contributed by atoms with E-state index in [-0.39, 0.29) is 23.9 Å². The number of imidazole rings is 1. The van der Waals surface area contributed by atoms with Crippen LogP contribution in [0.3, 0.4) is 0 Å². The summed E-state index contributed by atoms with van der Waals surface area (Å²) in [5.41, 5.74) is 9.72. The molecular weight excluding hydrogens is 541 g/mol. The van der Waals surface area contributed by atoms with Crippen molar-refractivity contribution in [3.05, 3.63) is 53.3 Å². The minimum absolute atomic E-state index is 0.131. The number of anilines is 1. The Morgan fingerprint density at radius 3 is 2.74 bits per heavy atom. The maximum absolute atomic E-state index is 11.6. The highest BCUT2D eigenvalue weighted by molar-refractivity contribution is 7.78. The molecule has 206 valence electrons. The van der Waals surface area contributed by atoms with E-state index in [0.717, 1.165) is 35.1 Å². The van der Waals surface area contributed by atoms with E-state index in [1.807, 2.05) is 22.8 Å². The first kappa shape index (κ1) is 28.6. The van der Waals surface area contributed by atoms with Crippen LogP contribution < -0.4 is 10.3 Å². The Hall–Kier alpha value is -3.37. The highest BCUT2D eigenvalue weighted by Crippen LogP contribution is 2.44. The fourth-order valence-corrected chi connectivity index (χ4v) is 4.93. The summed E-state index contributed by atoms with van der Waals surface area (Å²) in [5.74, 6) is 0.370. The molecule has 0 saturated carbocycles. The van der Waals surface area contributed by atoms with Crippen molar-refractivity contribution in [3.63, 3.8) is 0 Å². The number of rotatable bonds is 13. The lowest BCUT2D eigenvalue weighted by atomic mass is 10.1. The zero-order chi connectivity index (χ0) is 28.0. The Labute approximate surface area is 230 Å². The molecule has 0 radical (unpaired) electrons. The molecule has 4 aromatic rings. The summed E-state index contributed by atoms with van der Waals surface area (Å²) in [6, 6.07) is 10.4. The molecule has 0 saturated heterocycles. The predicted molar refractivity (Wildman–Crippen MR) is 152 cm³/mol. The van der Waals surface area contributed by atoms with Crippen LogP contribution in [0.4, 0.5) is 5.82 Å². The zero-order valence-corrected chi connectivity index (χ0v) is 23.1. The number of nitrogen functional groups attached to an aromatic ring is 1. The number of unbranched alkanes of at least 4 members (excludes halogenated alkanes) is 1. The summed E-state index contributed by atoms with van der Waals surface area (Å²) in [4.78, 5) is 32.1. The van der Waals surface area contributed by atoms with Crippen LogP contribution in [-0.2, 0) is 28.7 Å². The lowest BCUT2D eigenvalue weighted by Crippen LogP contribution is -2.08. The number of hydrogen-bond acceptors (Lipinski definition) is 9. The summed E-state index contributed by atoms with van der Waals surface area (Å²) in [6.07, 6.45) is 3.12. The second-order valence-corrected chi connectivity index (χ2v) is 10.3. The number of phosphoric ester groups is 1. The van der Waals surface area contributed by atoms with Crippen LogP contribution in [0.2, 0.25) is 0 Å². The van der Waals surface area contributed by atoms with Crippen LogP contribution in [0.15, 0.2) is 41.4 Å². The number of isothiocyanates is 1. The third-order valence-corrected chi connectivity index (χ3v) is 6.71. The number of ether oxygens (including phenoxy) is 1. The number of benzene rings is 2. The van der Waals surface area contributed by atoms with Gasteiger partial charge in [0.05, 0.1) is 42.5 Å². The maximum atomic E-state index is 11.6. The number of nitrogens with two attached hydrogens (primary N) is 1. The number of phosphoric acid groups is 1. The topological polar surface area (TPSA) is 165 Å². The van der Waals surface area contributed by atoms with Crippen molar-refractivity contribution in [3.8, 4) is 11.5 Å². The SMILES string of the molecule is CCCCc1nc2c(N)nc3ccc(CCOCCN=C=S)cc3c2n1Cc1cccc(O)c1OP(=O)(O)O. The number of aryl methyl sites for hydroxylation is 1. The van der Waals surface area contributed by atoms with Gasteiger partial charge in [-0.25, -0.2) is 19.5 Å². The number of fused-ring (bicyclic) bond motifs is 3. The molecular formula is C26H30N5O6PS. The fraction of sp³-hybridized carbons (Fsp3) is 0.346. The van der Waals surface area contributed by atoms with Crippen LogP contribution in [0.25, 0.3) is 21.9 Å². The van der Waals surface area contributed by atoms with Gasteiger partial charge in [0.1, 0.15) is 11.3 Å². The van der Waals surface area contributed by atoms with E-state index in [2.05, 4.69) is 34.3 Å². The molecule has 11 nitrogen and oxygen atoms in total. The van der Waals surface area contributed by atoms with Crippen LogP contribution in [0, 0.1) is 0 Å². The van der Waals surface area contributed by atoms with Crippen LogP contribution in [-0.4, -0.2) is 54.3 Å². The van der Waals surface area contributed by atoms with Gasteiger partial charge in [0, 0.05) is 17.4 Å². The number of thiocarbonyl (C=S) groups is 1. The predicted octanol–water partition coefficient (Wildman–Crippen LogP) is 4.40. The Morgan fingerprint density at radius 2 is 2.00 bits per heavy atom. The van der Waals surface area contributed by atoms with Gasteiger partial charge in [-0.3, -0.25) is 9.79 Å². The number of phenols is 1. The van der Waals surface area contributed by atoms with E-state index in [9.17, 15) is 19.5 Å². The Morgan fingerprint density at radius 1 is 1.18 bits per heavy atom. The molecule has 4 rings (SSSR count). The van der Waals surface area contributed by atoms with Crippen molar-refractivity contribution in [2.75, 3.05) is 25.5 Å². The molecule has 0 fully saturated rings. The van der Waals surface area contributed by atoms with Gasteiger partial charge in [-0.2, -0.15) is 0 Å². The molecule has 5 N–H and O–H groups in total. The van der Waals surface area contributed by atoms with Crippen molar-refractivity contribution >= 4 is 53.0 Å². The van der Waals surface area contributed by atoms with E-state index >= 15 is 0 Å². The largest absolute Gasteiger partial charge is 0.524 e. The van der Waals surface area contributed by atoms with Gasteiger partial charge in [0.25, 0.3) is 0 Å². The molecule has 39 heavy (non-hydrogen) atoms. The van der Waals surface area contributed by atoms with Crippen LogP contribution in [0.5, 0.6) is 11.5 Å². The standard InChI is InChI=1S/C26H30N5O6PS/c1-2-3-7-22-30-23-24(31(22)15-18-5-4-6-21(32)25(18)37-38(33,34)35)19-14-17(8-9-20(19)29-26(23)27)10-12-36-13-11-28-16-39/h4-6,8-9,14,32H,2-3,7,10-13,15H2,1H3,(H2,27,29)(H2,33,34,35). The van der Waals surface area contributed by atoms with Gasteiger partial charge in [0.15, 0.2) is 17.3 Å². The van der Waals surface area contributed by atoms with Crippen molar-refractivity contribution in [1.82, 2.24) is 14.5 Å². The van der Waals surface area contributed by atoms with E-state index in [0.29, 0.717) is 49.2 Å². The van der Waals surface area contributed by atoms with Gasteiger partial charge in [0.2, 0.25) is 0 Å². The highest BCUT2D eigenvalue weighted by Gasteiger charge is 2.24. The van der Waals surface area contributed by atoms with Crippen molar-refractivity contribution in [2.24, 2.45) is 4.99 Å². The maximum Gasteiger partial charge on any atom is 0.524 e. The summed E-state index contributed by atoms with van der Waals surface area (Å²) in [5, 5.41) is 13.5. The molecule has 0 aliphatic rings. The van der Waals surface area contributed by atoms with Crippen molar-refractivity contribution < 1.29 is 28.7 Å². The van der Waals surface area contributed by atoms with Gasteiger partial charge in [-0.1, -0.05) is 31.5 Å². The third-order valence-electron chi connectivity index (χ3n) is 6.16. The number of phenolic OH excluding ortho intramolecular Hbond substituents is 1. The highest BCUT2D eigenvalue weighted by atomic mass is 32.1. The normalized spacial score (nSPS) is 11.7. The van der Waals surface area contributed by atoms with Crippen molar-refractivity contribution in [1.29, 1.82) is 0 Å². The minimum atomic E-state index is -4.92. The van der Waals surface area contributed by atoms with Crippen LogP contribution in [0.1, 0.15) is 36.7 Å². The quantitative estimate of drug-likeness (QED) is 0.0782. The summed E-state index contributed by atoms with van der Waals surface area (Å²) >= 11 is 4.56. The summed E-state index contributed by atoms with van der Waals surface area (Å²) < 4.78 is 24.1. The number of hydrogen-bond donors (Lipinski definition) is 4. The average Bonchev–Trinajstić information content (AvgIpc) is 3.25. The molecule has 13 heteroatoms. The molecule has 2 aromatic heterocycles. The Balaban J connectivity index is 1.81. The zero-order valence-electron chi connectivity index (χ0n) is 21.4. The number of para-hydroxylation sites is 1. The van der Waals surface area contributed by atoms with Gasteiger partial charge < -0.3 is 24.7 Å². The first-order chi connectivity index (χ1) is 18.7. The lowest BCUT2D eigenvalue weighted by Gasteiger charge is -2.16. The first-order valence-corrected chi connectivity index (χ1v) is 14.4. The number of nitrogens with zero attached hydrogens (tertiary/aromatic N) is 4. The fourth-order valence-electron chi connectivity index (χ4n) is 4.39. The molecule has 0 amide bonds. The number of aliphatic imine (C=N–C) groups is 1. The van der Waals surface area contributed by atoms with Gasteiger partial charge in [-0.15, -0.1) is 0 Å². The monoisotopic (exact) mass is 571 g/mol. The Bertz CT molecular complexity index is 1580. The average molecular weight is 572 g/mol. The second kappa shape index (κ2) is 12.7. The summed E-state index contributed by atoms with van der Waals surface area (Å²) in [7, 11) is -4.92. The number of aromatic hydroxyl groups is 1. The van der Waals surface area contributed by atoms with Crippen molar-refractivity contribution in [2.45, 2.75) is 39.2 Å². The second-order valence-electron chi connectivity index (χ2n) is 8.95. The minimum Gasteiger partial charge on any atom is -0.504 e. The van der Waals surface area contributed by atoms with Gasteiger partial charge in [-0.05, 0) is 48.8 Å². The molecule has 0 aliphatic heterocycles. The molecule has 2 heterocycles. The number of pyridine rings is 1. The molecule has 2 aromatic carbocycles.